The van der Waals surface area contributed by atoms with Gasteiger partial charge in [-0.3, -0.25) is 13.9 Å². The third kappa shape index (κ3) is 8.13. The lowest BCUT2D eigenvalue weighted by Crippen LogP contribution is -2.51. The lowest BCUT2D eigenvalue weighted by molar-refractivity contribution is -0.139. The first-order valence-electron chi connectivity index (χ1n) is 12.8. The summed E-state index contributed by atoms with van der Waals surface area (Å²) >= 11 is 18.7. The van der Waals surface area contributed by atoms with Gasteiger partial charge in [-0.15, -0.1) is 0 Å². The van der Waals surface area contributed by atoms with Crippen molar-refractivity contribution >= 4 is 62.3 Å². The molecule has 3 rings (SSSR count). The van der Waals surface area contributed by atoms with E-state index in [1.165, 1.54) is 35.2 Å². The Bertz CT molecular complexity index is 1430. The Hall–Kier alpha value is -2.78. The molecule has 0 aromatic heterocycles. The highest BCUT2D eigenvalue weighted by Crippen LogP contribution is 2.33. The SMILES string of the molecule is CCCCNC(=O)[C@@H](C)N(Cc1ccc(Cl)cc1)C(=O)CN(c1cc(Cl)ccc1Cl)S(=O)(=O)c1ccc(C)cc1. The Kier molecular flexibility index (Phi) is 11.3. The van der Waals surface area contributed by atoms with Gasteiger partial charge in [0.25, 0.3) is 10.0 Å². The molecule has 1 N–H and O–H groups in total. The summed E-state index contributed by atoms with van der Waals surface area (Å²) in [6.45, 7) is 5.37. The van der Waals surface area contributed by atoms with Crippen molar-refractivity contribution in [2.24, 2.45) is 0 Å². The molecule has 0 aliphatic rings. The number of anilines is 1. The number of amides is 2. The molecule has 40 heavy (non-hydrogen) atoms. The molecule has 0 spiro atoms. The fourth-order valence-electron chi connectivity index (χ4n) is 3.93. The number of hydrogen-bond donors (Lipinski definition) is 1. The van der Waals surface area contributed by atoms with E-state index in [0.29, 0.717) is 11.6 Å². The highest BCUT2D eigenvalue weighted by atomic mass is 35.5. The molecule has 0 saturated carbocycles. The van der Waals surface area contributed by atoms with Crippen LogP contribution in [0, 0.1) is 6.92 Å². The number of carbonyl (C=O) groups excluding carboxylic acids is 2. The number of nitrogens with one attached hydrogen (secondary N) is 1. The molecule has 2 amide bonds. The summed E-state index contributed by atoms with van der Waals surface area (Å²) in [5.74, 6) is -0.940. The standard InChI is InChI=1S/C29H32Cl3N3O4S/c1-4-5-16-33-29(37)21(3)34(18-22-8-10-23(30)11-9-22)28(36)19-35(27-17-24(31)12-15-26(27)32)40(38,39)25-13-6-20(2)7-14-25/h6-15,17,21H,4-5,16,18-19H2,1-3H3,(H,33,37)/t21-/m1/s1. The monoisotopic (exact) mass is 623 g/mol. The van der Waals surface area contributed by atoms with Crippen LogP contribution in [0.2, 0.25) is 15.1 Å². The van der Waals surface area contributed by atoms with Gasteiger partial charge >= 0.3 is 0 Å². The van der Waals surface area contributed by atoms with E-state index in [1.54, 1.807) is 43.3 Å². The van der Waals surface area contributed by atoms with Crippen LogP contribution in [0.5, 0.6) is 0 Å². The van der Waals surface area contributed by atoms with Gasteiger partial charge in [0.2, 0.25) is 11.8 Å². The van der Waals surface area contributed by atoms with Crippen molar-refractivity contribution in [3.8, 4) is 0 Å². The molecule has 0 saturated heterocycles. The zero-order chi connectivity index (χ0) is 29.4. The Morgan fingerprint density at radius 1 is 0.925 bits per heavy atom. The van der Waals surface area contributed by atoms with Crippen LogP contribution < -0.4 is 9.62 Å². The van der Waals surface area contributed by atoms with Gasteiger partial charge in [0, 0.05) is 23.1 Å². The van der Waals surface area contributed by atoms with Crippen LogP contribution >= 0.6 is 34.8 Å². The van der Waals surface area contributed by atoms with Crippen molar-refractivity contribution in [1.29, 1.82) is 0 Å². The summed E-state index contributed by atoms with van der Waals surface area (Å²) in [4.78, 5) is 28.3. The molecule has 7 nitrogen and oxygen atoms in total. The maximum atomic E-state index is 13.9. The predicted molar refractivity (Wildman–Crippen MR) is 162 cm³/mol. The maximum absolute atomic E-state index is 13.9. The molecule has 0 fully saturated rings. The second-order valence-corrected chi connectivity index (χ2v) is 12.5. The molecule has 1 atom stereocenters. The number of aryl methyl sites for hydroxylation is 1. The topological polar surface area (TPSA) is 86.8 Å². The Balaban J connectivity index is 2.04. The van der Waals surface area contributed by atoms with Crippen LogP contribution in [0.25, 0.3) is 0 Å². The minimum Gasteiger partial charge on any atom is -0.354 e. The molecule has 0 unspecified atom stereocenters. The summed E-state index contributed by atoms with van der Waals surface area (Å²) in [7, 11) is -4.26. The normalized spacial score (nSPS) is 12.1. The largest absolute Gasteiger partial charge is 0.354 e. The molecule has 0 heterocycles. The fourth-order valence-corrected chi connectivity index (χ4v) is 5.92. The maximum Gasteiger partial charge on any atom is 0.264 e. The molecule has 0 aliphatic carbocycles. The van der Waals surface area contributed by atoms with E-state index >= 15 is 0 Å². The Morgan fingerprint density at radius 3 is 2.17 bits per heavy atom. The lowest BCUT2D eigenvalue weighted by atomic mass is 10.1. The summed E-state index contributed by atoms with van der Waals surface area (Å²) < 4.78 is 28.7. The van der Waals surface area contributed by atoms with Crippen molar-refractivity contribution in [3.63, 3.8) is 0 Å². The minimum atomic E-state index is -4.26. The van der Waals surface area contributed by atoms with Gasteiger partial charge in [-0.2, -0.15) is 0 Å². The molecule has 3 aromatic rings. The molecular weight excluding hydrogens is 593 g/mol. The lowest BCUT2D eigenvalue weighted by Gasteiger charge is -2.32. The fraction of sp³-hybridized carbons (Fsp3) is 0.310. The number of sulfonamides is 1. The van der Waals surface area contributed by atoms with Crippen molar-refractivity contribution < 1.29 is 18.0 Å². The Labute approximate surface area is 251 Å². The third-order valence-corrected chi connectivity index (χ3v) is 8.91. The zero-order valence-corrected chi connectivity index (χ0v) is 25.6. The number of rotatable bonds is 12. The van der Waals surface area contributed by atoms with Crippen molar-refractivity contribution in [2.45, 2.75) is 51.1 Å². The van der Waals surface area contributed by atoms with Crippen molar-refractivity contribution in [2.75, 3.05) is 17.4 Å². The number of hydrogen-bond acceptors (Lipinski definition) is 4. The molecule has 0 bridgehead atoms. The van der Waals surface area contributed by atoms with Gasteiger partial charge in [0.15, 0.2) is 0 Å². The minimum absolute atomic E-state index is 0.0171. The van der Waals surface area contributed by atoms with Crippen LogP contribution in [0.4, 0.5) is 5.69 Å². The van der Waals surface area contributed by atoms with E-state index in [-0.39, 0.29) is 33.1 Å². The predicted octanol–water partition coefficient (Wildman–Crippen LogP) is 6.48. The van der Waals surface area contributed by atoms with E-state index in [0.717, 1.165) is 28.3 Å². The van der Waals surface area contributed by atoms with E-state index in [4.69, 9.17) is 34.8 Å². The molecule has 3 aromatic carbocycles. The highest BCUT2D eigenvalue weighted by molar-refractivity contribution is 7.92. The number of nitrogens with zero attached hydrogens (tertiary/aromatic N) is 2. The summed E-state index contributed by atoms with van der Waals surface area (Å²) in [6, 6.07) is 16.6. The number of benzene rings is 3. The quantitative estimate of drug-likeness (QED) is 0.234. The summed E-state index contributed by atoms with van der Waals surface area (Å²) in [5, 5.41) is 3.73. The van der Waals surface area contributed by atoms with Crippen molar-refractivity contribution in [3.05, 3.63) is 92.9 Å². The first kappa shape index (κ1) is 31.7. The summed E-state index contributed by atoms with van der Waals surface area (Å²) in [6.07, 6.45) is 1.69. The molecule has 0 aliphatic heterocycles. The molecular formula is C29H32Cl3N3O4S. The number of unbranched alkanes of at least 4 members (excludes halogenated alkanes) is 1. The second-order valence-electron chi connectivity index (χ2n) is 9.39. The van der Waals surface area contributed by atoms with Gasteiger partial charge in [-0.05, 0) is 68.3 Å². The van der Waals surface area contributed by atoms with E-state index < -0.39 is 28.5 Å². The molecule has 11 heteroatoms. The average molecular weight is 625 g/mol. The van der Waals surface area contributed by atoms with Crippen LogP contribution in [0.15, 0.2) is 71.6 Å². The van der Waals surface area contributed by atoms with Crippen LogP contribution in [-0.4, -0.2) is 44.3 Å². The number of halogens is 3. The zero-order valence-electron chi connectivity index (χ0n) is 22.5. The van der Waals surface area contributed by atoms with Gasteiger partial charge in [0.05, 0.1) is 15.6 Å². The first-order valence-corrected chi connectivity index (χ1v) is 15.4. The van der Waals surface area contributed by atoms with E-state index in [2.05, 4.69) is 5.32 Å². The van der Waals surface area contributed by atoms with Crippen molar-refractivity contribution in [1.82, 2.24) is 10.2 Å². The Morgan fingerprint density at radius 2 is 1.55 bits per heavy atom. The van der Waals surface area contributed by atoms with E-state index in [1.807, 2.05) is 13.8 Å². The van der Waals surface area contributed by atoms with Crippen LogP contribution in [0.1, 0.15) is 37.8 Å². The second kappa shape index (κ2) is 14.2. The average Bonchev–Trinajstić information content (AvgIpc) is 2.92. The molecule has 0 radical (unpaired) electrons. The third-order valence-electron chi connectivity index (χ3n) is 6.33. The van der Waals surface area contributed by atoms with Gasteiger partial charge in [0.1, 0.15) is 12.6 Å². The van der Waals surface area contributed by atoms with Gasteiger partial charge in [-0.25, -0.2) is 8.42 Å². The molecule has 214 valence electrons. The summed E-state index contributed by atoms with van der Waals surface area (Å²) in [5.41, 5.74) is 1.65. The number of carbonyl (C=O) groups is 2. The van der Waals surface area contributed by atoms with Gasteiger partial charge < -0.3 is 10.2 Å². The van der Waals surface area contributed by atoms with Crippen LogP contribution in [0.3, 0.4) is 0 Å². The van der Waals surface area contributed by atoms with E-state index in [9.17, 15) is 18.0 Å². The first-order chi connectivity index (χ1) is 18.9. The smallest absolute Gasteiger partial charge is 0.264 e. The highest BCUT2D eigenvalue weighted by Gasteiger charge is 2.33. The van der Waals surface area contributed by atoms with Gasteiger partial charge in [-0.1, -0.05) is 78.0 Å². The van der Waals surface area contributed by atoms with Crippen LogP contribution in [-0.2, 0) is 26.2 Å².